The van der Waals surface area contributed by atoms with Crippen LogP contribution in [0.5, 0.6) is 0 Å². The van der Waals surface area contributed by atoms with E-state index in [-0.39, 0.29) is 30.0 Å². The van der Waals surface area contributed by atoms with Gasteiger partial charge in [0.25, 0.3) is 0 Å². The molecule has 2 amide bonds. The molecule has 10 nitrogen and oxygen atoms in total. The van der Waals surface area contributed by atoms with Gasteiger partial charge in [0.15, 0.2) is 5.65 Å². The molecule has 0 unspecified atom stereocenters. The SMILES string of the molecule is Cc1cc(N(C(=O)OC(C)(C)C)c2cc(N[C@H]3CCCN(C(=O)O)C3)nc3c(C4CCC4)cnn23)cc(C(F)(F)F)c1. The van der Waals surface area contributed by atoms with Crippen LogP contribution in [0.1, 0.15) is 75.5 Å². The van der Waals surface area contributed by atoms with E-state index in [1.54, 1.807) is 33.0 Å². The van der Waals surface area contributed by atoms with Crippen molar-refractivity contribution in [1.82, 2.24) is 19.5 Å². The lowest BCUT2D eigenvalue weighted by Crippen LogP contribution is -2.44. The van der Waals surface area contributed by atoms with E-state index in [2.05, 4.69) is 10.4 Å². The molecule has 0 radical (unpaired) electrons. The van der Waals surface area contributed by atoms with E-state index >= 15 is 0 Å². The molecule has 3 aromatic rings. The molecule has 0 bridgehead atoms. The number of ether oxygens (including phenoxy) is 1. The average molecular weight is 589 g/mol. The second-order valence-electron chi connectivity index (χ2n) is 12.0. The van der Waals surface area contributed by atoms with Crippen LogP contribution in [0.4, 0.5) is 40.1 Å². The Morgan fingerprint density at radius 3 is 2.45 bits per heavy atom. The van der Waals surface area contributed by atoms with Gasteiger partial charge in [0, 0.05) is 30.8 Å². The summed E-state index contributed by atoms with van der Waals surface area (Å²) >= 11 is 0. The zero-order valence-electron chi connectivity index (χ0n) is 24.0. The number of nitrogens with one attached hydrogen (secondary N) is 1. The van der Waals surface area contributed by atoms with Crippen LogP contribution in [0, 0.1) is 6.92 Å². The number of hydrogen-bond acceptors (Lipinski definition) is 6. The molecule has 0 spiro atoms. The maximum absolute atomic E-state index is 13.9. The van der Waals surface area contributed by atoms with Crippen molar-refractivity contribution < 1.29 is 32.6 Å². The summed E-state index contributed by atoms with van der Waals surface area (Å²) in [6.07, 6.45) is -0.510. The second-order valence-corrected chi connectivity index (χ2v) is 12.0. The van der Waals surface area contributed by atoms with Crippen LogP contribution in [0.25, 0.3) is 5.65 Å². The maximum atomic E-state index is 13.9. The second kappa shape index (κ2) is 11.0. The van der Waals surface area contributed by atoms with Gasteiger partial charge in [-0.15, -0.1) is 0 Å². The normalized spacial score (nSPS) is 18.1. The predicted molar refractivity (Wildman–Crippen MR) is 150 cm³/mol. The molecule has 1 saturated carbocycles. The number of carbonyl (C=O) groups is 2. The van der Waals surface area contributed by atoms with Gasteiger partial charge in [0.1, 0.15) is 17.2 Å². The fraction of sp³-hybridized carbons (Fsp3) is 0.517. The van der Waals surface area contributed by atoms with E-state index in [1.165, 1.54) is 22.4 Å². The van der Waals surface area contributed by atoms with Crippen molar-refractivity contribution in [2.24, 2.45) is 0 Å². The van der Waals surface area contributed by atoms with Gasteiger partial charge in [-0.2, -0.15) is 22.8 Å². The fourth-order valence-electron chi connectivity index (χ4n) is 5.38. The summed E-state index contributed by atoms with van der Waals surface area (Å²) in [5.74, 6) is 0.723. The Morgan fingerprint density at radius 2 is 1.83 bits per heavy atom. The Bertz CT molecular complexity index is 1490. The average Bonchev–Trinajstić information content (AvgIpc) is 3.25. The van der Waals surface area contributed by atoms with Crippen molar-refractivity contribution in [3.05, 3.63) is 47.2 Å². The lowest BCUT2D eigenvalue weighted by molar-refractivity contribution is -0.137. The summed E-state index contributed by atoms with van der Waals surface area (Å²) in [5, 5.41) is 17.3. The van der Waals surface area contributed by atoms with Crippen LogP contribution in [0.2, 0.25) is 0 Å². The number of halogens is 3. The van der Waals surface area contributed by atoms with Crippen molar-refractivity contribution in [3.8, 4) is 0 Å². The number of aromatic nitrogens is 3. The van der Waals surface area contributed by atoms with Gasteiger partial charge in [-0.3, -0.25) is 0 Å². The highest BCUT2D eigenvalue weighted by molar-refractivity contribution is 5.96. The molecule has 2 fully saturated rings. The van der Waals surface area contributed by atoms with Gasteiger partial charge in [-0.05, 0) is 83.1 Å². The number of piperidine rings is 1. The van der Waals surface area contributed by atoms with Gasteiger partial charge in [-0.1, -0.05) is 6.42 Å². The molecule has 1 aliphatic carbocycles. The van der Waals surface area contributed by atoms with Crippen LogP contribution < -0.4 is 10.2 Å². The Morgan fingerprint density at radius 1 is 1.10 bits per heavy atom. The summed E-state index contributed by atoms with van der Waals surface area (Å²) in [4.78, 5) is 32.6. The molecule has 226 valence electrons. The van der Waals surface area contributed by atoms with E-state index in [4.69, 9.17) is 9.72 Å². The van der Waals surface area contributed by atoms with E-state index in [1.807, 2.05) is 0 Å². The van der Waals surface area contributed by atoms with Crippen molar-refractivity contribution in [2.75, 3.05) is 23.3 Å². The molecule has 42 heavy (non-hydrogen) atoms. The summed E-state index contributed by atoms with van der Waals surface area (Å²) in [7, 11) is 0. The number of anilines is 3. The summed E-state index contributed by atoms with van der Waals surface area (Å²) in [6, 6.07) is 4.72. The van der Waals surface area contributed by atoms with Crippen LogP contribution >= 0.6 is 0 Å². The molecule has 13 heteroatoms. The number of carboxylic acid groups (broad SMARTS) is 1. The Hall–Kier alpha value is -4.03. The molecule has 5 rings (SSSR count). The summed E-state index contributed by atoms with van der Waals surface area (Å²) < 4.78 is 48.8. The standard InChI is InChI=1S/C29H35F3N6O4/c1-17-11-19(29(30,31)32)13-21(12-17)37(27(41)42-28(2,3)4)24-14-23(34-20-9-6-10-36(16-20)26(39)40)35-25-22(15-33-38(24)25)18-7-5-8-18/h11-15,18,20H,5-10,16H2,1-4H3,(H,34,35)(H,39,40)/t20-/m0/s1. The number of amides is 2. The van der Waals surface area contributed by atoms with Gasteiger partial charge < -0.3 is 20.1 Å². The largest absolute Gasteiger partial charge is 0.465 e. The fourth-order valence-corrected chi connectivity index (χ4v) is 5.38. The highest BCUT2D eigenvalue weighted by atomic mass is 19.4. The zero-order chi connectivity index (χ0) is 30.4. The molecule has 3 heterocycles. The first-order chi connectivity index (χ1) is 19.7. The molecule has 1 aliphatic heterocycles. The van der Waals surface area contributed by atoms with Gasteiger partial charge >= 0.3 is 18.4 Å². The van der Waals surface area contributed by atoms with Gasteiger partial charge in [0.05, 0.1) is 17.4 Å². The first-order valence-corrected chi connectivity index (χ1v) is 14.0. The molecule has 1 saturated heterocycles. The number of nitrogens with zero attached hydrogens (tertiary/aromatic N) is 5. The number of likely N-dealkylation sites (tertiary alicyclic amines) is 1. The van der Waals surface area contributed by atoms with Crippen molar-refractivity contribution >= 4 is 35.2 Å². The molecule has 2 aromatic heterocycles. The minimum absolute atomic E-state index is 0.0366. The van der Waals surface area contributed by atoms with Gasteiger partial charge in [-0.25, -0.2) is 19.5 Å². The third kappa shape index (κ3) is 6.24. The third-order valence-electron chi connectivity index (χ3n) is 7.52. The first-order valence-electron chi connectivity index (χ1n) is 14.0. The molecule has 1 aromatic carbocycles. The highest BCUT2D eigenvalue weighted by Gasteiger charge is 2.35. The molecular formula is C29H35F3N6O4. The number of alkyl halides is 3. The predicted octanol–water partition coefficient (Wildman–Crippen LogP) is 6.95. The van der Waals surface area contributed by atoms with Crippen molar-refractivity contribution in [2.45, 2.75) is 83.5 Å². The quantitative estimate of drug-likeness (QED) is 0.332. The van der Waals surface area contributed by atoms with Crippen LogP contribution in [-0.2, 0) is 10.9 Å². The van der Waals surface area contributed by atoms with E-state index in [0.29, 0.717) is 36.4 Å². The minimum atomic E-state index is -4.64. The number of rotatable bonds is 5. The Kier molecular flexibility index (Phi) is 7.71. The molecule has 2 aliphatic rings. The van der Waals surface area contributed by atoms with Crippen molar-refractivity contribution in [3.63, 3.8) is 0 Å². The minimum Gasteiger partial charge on any atom is -0.465 e. The summed E-state index contributed by atoms with van der Waals surface area (Å²) in [6.45, 7) is 7.23. The van der Waals surface area contributed by atoms with Gasteiger partial charge in [0.2, 0.25) is 0 Å². The zero-order valence-corrected chi connectivity index (χ0v) is 24.0. The van der Waals surface area contributed by atoms with E-state index in [9.17, 15) is 27.9 Å². The Balaban J connectivity index is 1.67. The van der Waals surface area contributed by atoms with E-state index in [0.717, 1.165) is 41.9 Å². The lowest BCUT2D eigenvalue weighted by atomic mass is 9.81. The smallest absolute Gasteiger partial charge is 0.420 e. The van der Waals surface area contributed by atoms with Crippen LogP contribution in [-0.4, -0.2) is 61.5 Å². The number of benzene rings is 1. The number of carbonyl (C=O) groups excluding carboxylic acids is 1. The highest BCUT2D eigenvalue weighted by Crippen LogP contribution is 2.41. The molecule has 2 N–H and O–H groups in total. The van der Waals surface area contributed by atoms with Crippen LogP contribution in [0.3, 0.4) is 0 Å². The van der Waals surface area contributed by atoms with Crippen LogP contribution in [0.15, 0.2) is 30.5 Å². The molecular weight excluding hydrogens is 553 g/mol. The topological polar surface area (TPSA) is 112 Å². The number of aryl methyl sites for hydroxylation is 1. The number of hydrogen-bond donors (Lipinski definition) is 2. The van der Waals surface area contributed by atoms with Crippen molar-refractivity contribution in [1.29, 1.82) is 0 Å². The number of fused-ring (bicyclic) bond motifs is 1. The van der Waals surface area contributed by atoms with E-state index < -0.39 is 29.5 Å². The molecule has 1 atom stereocenters. The summed E-state index contributed by atoms with van der Waals surface area (Å²) in [5.41, 5.74) is -0.215. The third-order valence-corrected chi connectivity index (χ3v) is 7.52. The lowest BCUT2D eigenvalue weighted by Gasteiger charge is -2.32. The first kappa shape index (κ1) is 29.5. The Labute approximate surface area is 241 Å². The monoisotopic (exact) mass is 588 g/mol. The maximum Gasteiger partial charge on any atom is 0.420 e.